The molecule has 4 heteroatoms. The molecule has 2 unspecified atom stereocenters. The smallest absolute Gasteiger partial charge is 0.225 e. The Labute approximate surface area is 123 Å². The van der Waals surface area contributed by atoms with Crippen molar-refractivity contribution in [3.05, 3.63) is 0 Å². The Morgan fingerprint density at radius 1 is 1.05 bits per heavy atom. The van der Waals surface area contributed by atoms with E-state index in [1.54, 1.807) is 6.92 Å². The molecule has 0 aromatic carbocycles. The van der Waals surface area contributed by atoms with Gasteiger partial charge in [-0.05, 0) is 45.2 Å². The number of carbonyl (C=O) groups is 2. The number of likely N-dealkylation sites (tertiary alicyclic amines) is 1. The number of Topliss-reactive ketones (excluding diaryl/α,β-unsaturated/α-hetero) is 1. The number of amides is 1. The van der Waals surface area contributed by atoms with Crippen LogP contribution < -0.4 is 5.32 Å². The first-order valence-electron chi connectivity index (χ1n) is 8.08. The quantitative estimate of drug-likeness (QED) is 0.843. The van der Waals surface area contributed by atoms with Gasteiger partial charge in [0.2, 0.25) is 5.91 Å². The summed E-state index contributed by atoms with van der Waals surface area (Å²) in [7, 11) is 0. The van der Waals surface area contributed by atoms with E-state index in [1.807, 2.05) is 18.7 Å². The standard InChI is InChI=1S/C14H24N2O2.C2H6/c1-10-7-13(11(2)17)9-16(8-10)14(18)12-3-5-15-6-4-12;1-2/h10,12-13,15H,3-9H2,1-2H3;1-2H3. The predicted octanol–water partition coefficient (Wildman–Crippen LogP) is 2.09. The van der Waals surface area contributed by atoms with E-state index in [0.717, 1.165) is 38.9 Å². The maximum Gasteiger partial charge on any atom is 0.225 e. The van der Waals surface area contributed by atoms with Crippen LogP contribution in [0.4, 0.5) is 0 Å². The van der Waals surface area contributed by atoms with Crippen molar-refractivity contribution in [1.82, 2.24) is 10.2 Å². The first-order valence-corrected chi connectivity index (χ1v) is 8.08. The molecule has 2 saturated heterocycles. The largest absolute Gasteiger partial charge is 0.341 e. The Bertz CT molecular complexity index is 324. The van der Waals surface area contributed by atoms with E-state index in [4.69, 9.17) is 0 Å². The highest BCUT2D eigenvalue weighted by atomic mass is 16.2. The molecule has 1 N–H and O–H groups in total. The molecule has 2 aliphatic heterocycles. The summed E-state index contributed by atoms with van der Waals surface area (Å²) >= 11 is 0. The van der Waals surface area contributed by atoms with Gasteiger partial charge >= 0.3 is 0 Å². The highest BCUT2D eigenvalue weighted by Gasteiger charge is 2.33. The molecule has 0 aromatic heterocycles. The highest BCUT2D eigenvalue weighted by Crippen LogP contribution is 2.25. The summed E-state index contributed by atoms with van der Waals surface area (Å²) < 4.78 is 0. The minimum atomic E-state index is 0.0550. The van der Waals surface area contributed by atoms with Gasteiger partial charge in [-0.25, -0.2) is 0 Å². The van der Waals surface area contributed by atoms with Crippen LogP contribution in [0.15, 0.2) is 0 Å². The predicted molar refractivity (Wildman–Crippen MR) is 81.5 cm³/mol. The van der Waals surface area contributed by atoms with Gasteiger partial charge in [-0.2, -0.15) is 0 Å². The lowest BCUT2D eigenvalue weighted by Crippen LogP contribution is -2.48. The van der Waals surface area contributed by atoms with E-state index < -0.39 is 0 Å². The molecule has 4 nitrogen and oxygen atoms in total. The van der Waals surface area contributed by atoms with Crippen molar-refractivity contribution in [2.75, 3.05) is 26.2 Å². The molecule has 0 saturated carbocycles. The van der Waals surface area contributed by atoms with Crippen molar-refractivity contribution in [3.63, 3.8) is 0 Å². The number of carbonyl (C=O) groups excluding carboxylic acids is 2. The number of nitrogens with zero attached hydrogens (tertiary/aromatic N) is 1. The SMILES string of the molecule is CC.CC(=O)C1CC(C)CN(C(=O)C2CCNCC2)C1. The minimum Gasteiger partial charge on any atom is -0.341 e. The monoisotopic (exact) mass is 282 g/mol. The Hall–Kier alpha value is -0.900. The van der Waals surface area contributed by atoms with Gasteiger partial charge in [0.1, 0.15) is 5.78 Å². The summed E-state index contributed by atoms with van der Waals surface area (Å²) in [6.45, 7) is 11.1. The zero-order valence-electron chi connectivity index (χ0n) is 13.4. The maximum atomic E-state index is 12.5. The van der Waals surface area contributed by atoms with Gasteiger partial charge in [-0.3, -0.25) is 9.59 Å². The van der Waals surface area contributed by atoms with Crippen LogP contribution in [0.2, 0.25) is 0 Å². The third-order valence-corrected chi connectivity index (χ3v) is 4.23. The van der Waals surface area contributed by atoms with Crippen molar-refractivity contribution in [2.45, 2.75) is 47.0 Å². The lowest BCUT2D eigenvalue weighted by atomic mass is 9.86. The molecule has 2 fully saturated rings. The Kier molecular flexibility index (Phi) is 7.20. The van der Waals surface area contributed by atoms with Gasteiger partial charge < -0.3 is 10.2 Å². The number of nitrogens with one attached hydrogen (secondary N) is 1. The first-order chi connectivity index (χ1) is 9.58. The van der Waals surface area contributed by atoms with Gasteiger partial charge in [0, 0.05) is 24.9 Å². The van der Waals surface area contributed by atoms with E-state index in [1.165, 1.54) is 0 Å². The topological polar surface area (TPSA) is 49.4 Å². The molecule has 20 heavy (non-hydrogen) atoms. The summed E-state index contributed by atoms with van der Waals surface area (Å²) in [5.41, 5.74) is 0. The molecule has 2 rings (SSSR count). The van der Waals surface area contributed by atoms with E-state index in [0.29, 0.717) is 12.5 Å². The van der Waals surface area contributed by atoms with Gasteiger partial charge in [0.25, 0.3) is 0 Å². The molecule has 0 aromatic rings. The molecule has 2 heterocycles. The molecule has 0 radical (unpaired) electrons. The van der Waals surface area contributed by atoms with Crippen molar-refractivity contribution < 1.29 is 9.59 Å². The highest BCUT2D eigenvalue weighted by molar-refractivity contribution is 5.82. The first kappa shape index (κ1) is 17.2. The van der Waals surface area contributed by atoms with Crippen molar-refractivity contribution >= 4 is 11.7 Å². The molecule has 1 amide bonds. The normalized spacial score (nSPS) is 27.5. The van der Waals surface area contributed by atoms with Gasteiger partial charge in [-0.1, -0.05) is 20.8 Å². The average molecular weight is 282 g/mol. The molecular weight excluding hydrogens is 252 g/mol. The lowest BCUT2D eigenvalue weighted by Gasteiger charge is -2.38. The fraction of sp³-hybridized carbons (Fsp3) is 0.875. The summed E-state index contributed by atoms with van der Waals surface area (Å²) in [6.07, 6.45) is 2.81. The number of piperidine rings is 2. The van der Waals surface area contributed by atoms with Gasteiger partial charge in [0.05, 0.1) is 0 Å². The van der Waals surface area contributed by atoms with Crippen LogP contribution in [0.1, 0.15) is 47.0 Å². The molecule has 0 spiro atoms. The third kappa shape index (κ3) is 4.58. The van der Waals surface area contributed by atoms with Crippen molar-refractivity contribution in [1.29, 1.82) is 0 Å². The second kappa shape index (κ2) is 8.40. The average Bonchev–Trinajstić information content (AvgIpc) is 2.48. The Morgan fingerprint density at radius 2 is 1.65 bits per heavy atom. The van der Waals surface area contributed by atoms with Crippen molar-refractivity contribution in [3.8, 4) is 0 Å². The zero-order valence-corrected chi connectivity index (χ0v) is 13.4. The summed E-state index contributed by atoms with van der Waals surface area (Å²) in [6, 6.07) is 0. The van der Waals surface area contributed by atoms with Crippen LogP contribution in [0.3, 0.4) is 0 Å². The van der Waals surface area contributed by atoms with Crippen molar-refractivity contribution in [2.24, 2.45) is 17.8 Å². The van der Waals surface area contributed by atoms with E-state index >= 15 is 0 Å². The Morgan fingerprint density at radius 3 is 2.20 bits per heavy atom. The molecule has 0 aliphatic carbocycles. The van der Waals surface area contributed by atoms with E-state index in [2.05, 4.69) is 12.2 Å². The minimum absolute atomic E-state index is 0.0550. The summed E-state index contributed by atoms with van der Waals surface area (Å²) in [5, 5.41) is 3.28. The second-order valence-corrected chi connectivity index (χ2v) is 5.92. The molecular formula is C16H30N2O2. The molecule has 2 aliphatic rings. The number of hydrogen-bond acceptors (Lipinski definition) is 3. The zero-order chi connectivity index (χ0) is 15.1. The van der Waals surface area contributed by atoms with Gasteiger partial charge in [0.15, 0.2) is 0 Å². The van der Waals surface area contributed by atoms with Crippen LogP contribution in [0.5, 0.6) is 0 Å². The lowest BCUT2D eigenvalue weighted by molar-refractivity contribution is -0.140. The fourth-order valence-electron chi connectivity index (χ4n) is 3.15. The van der Waals surface area contributed by atoms with Crippen LogP contribution >= 0.6 is 0 Å². The maximum absolute atomic E-state index is 12.5. The number of ketones is 1. The third-order valence-electron chi connectivity index (χ3n) is 4.23. The molecule has 2 atom stereocenters. The van der Waals surface area contributed by atoms with E-state index in [-0.39, 0.29) is 23.5 Å². The number of hydrogen-bond donors (Lipinski definition) is 1. The molecule has 0 bridgehead atoms. The van der Waals surface area contributed by atoms with Crippen LogP contribution in [-0.4, -0.2) is 42.8 Å². The fourth-order valence-corrected chi connectivity index (χ4v) is 3.15. The molecule has 116 valence electrons. The van der Waals surface area contributed by atoms with E-state index in [9.17, 15) is 9.59 Å². The number of rotatable bonds is 2. The summed E-state index contributed by atoms with van der Waals surface area (Å²) in [5.74, 6) is 1.17. The van der Waals surface area contributed by atoms with Crippen LogP contribution in [-0.2, 0) is 9.59 Å². The Balaban J connectivity index is 0.000000956. The van der Waals surface area contributed by atoms with Crippen LogP contribution in [0, 0.1) is 17.8 Å². The van der Waals surface area contributed by atoms with Gasteiger partial charge in [-0.15, -0.1) is 0 Å². The van der Waals surface area contributed by atoms with Crippen LogP contribution in [0.25, 0.3) is 0 Å². The second-order valence-electron chi connectivity index (χ2n) is 5.92. The summed E-state index contributed by atoms with van der Waals surface area (Å²) in [4.78, 5) is 25.9.